The number of amides is 4. The Morgan fingerprint density at radius 1 is 1.02 bits per heavy atom. The lowest BCUT2D eigenvalue weighted by atomic mass is 9.83. The van der Waals surface area contributed by atoms with Crippen LogP contribution >= 0.6 is 11.3 Å². The van der Waals surface area contributed by atoms with Gasteiger partial charge in [0.2, 0.25) is 11.8 Å². The zero-order chi connectivity index (χ0) is 44.9. The molecule has 5 atom stereocenters. The molecule has 4 amide bonds. The van der Waals surface area contributed by atoms with Crippen molar-refractivity contribution in [2.45, 2.75) is 173 Å². The Morgan fingerprint density at radius 2 is 1.72 bits per heavy atom. The third-order valence-corrected chi connectivity index (χ3v) is 15.5. The molecule has 0 spiro atoms. The number of thiazole rings is 1. The van der Waals surface area contributed by atoms with E-state index in [1.165, 1.54) is 16.2 Å². The zero-order valence-corrected chi connectivity index (χ0v) is 38.9. The Morgan fingerprint density at radius 3 is 2.33 bits per heavy atom. The molecule has 5 rings (SSSR count). The average Bonchev–Trinajstić information content (AvgIpc) is 3.80. The Labute approximate surface area is 365 Å². The van der Waals surface area contributed by atoms with Gasteiger partial charge in [0.05, 0.1) is 40.1 Å². The molecular weight excluding hydrogens is 823 g/mol. The van der Waals surface area contributed by atoms with Crippen LogP contribution < -0.4 is 26.0 Å². The fourth-order valence-corrected chi connectivity index (χ4v) is 10.6. The van der Waals surface area contributed by atoms with Crippen LogP contribution in [-0.4, -0.2) is 112 Å². The zero-order valence-electron chi connectivity index (χ0n) is 37.3. The molecule has 340 valence electrons. The summed E-state index contributed by atoms with van der Waals surface area (Å²) in [5, 5.41) is 24.3. The average molecular weight is 890 g/mol. The van der Waals surface area contributed by atoms with Crippen LogP contribution in [0.3, 0.4) is 0 Å². The Balaban J connectivity index is 1.45. The Kier molecular flexibility index (Phi) is 15.7. The van der Waals surface area contributed by atoms with E-state index in [2.05, 4.69) is 35.1 Å². The molecule has 2 aliphatic carbocycles. The molecule has 18 heteroatoms. The lowest BCUT2D eigenvalue weighted by Crippen LogP contribution is -2.61. The highest BCUT2D eigenvalue weighted by Crippen LogP contribution is 2.44. The number of carboxylic acid groups (broad SMARTS) is 1. The van der Waals surface area contributed by atoms with Crippen LogP contribution in [0, 0.1) is 5.92 Å². The van der Waals surface area contributed by atoms with E-state index in [-0.39, 0.29) is 43.7 Å². The van der Waals surface area contributed by atoms with Crippen molar-refractivity contribution < 1.29 is 42.2 Å². The predicted molar refractivity (Wildman–Crippen MR) is 235 cm³/mol. The number of carboxylic acids is 1. The van der Waals surface area contributed by atoms with Crippen molar-refractivity contribution in [3.05, 3.63) is 22.7 Å². The van der Waals surface area contributed by atoms with Gasteiger partial charge in [-0.15, -0.1) is 11.3 Å². The van der Waals surface area contributed by atoms with Crippen LogP contribution in [0.25, 0.3) is 11.4 Å². The number of urea groups is 1. The number of ether oxygens (including phenoxy) is 2. The summed E-state index contributed by atoms with van der Waals surface area (Å²) in [6, 6.07) is -2.02. The maximum Gasteiger partial charge on any atom is 0.326 e. The quantitative estimate of drug-likeness (QED) is 0.110. The van der Waals surface area contributed by atoms with Crippen LogP contribution in [-0.2, 0) is 35.4 Å². The number of anilines is 1. The summed E-state index contributed by atoms with van der Waals surface area (Å²) in [5.74, 6) is -1.76. The number of sulfone groups is 1. The molecule has 0 radical (unpaired) electrons. The SMILES string of the molecule is CC[C@H](NC(=O)[C@@H]1C[C@@H](Oc2cc(-c3csc(NC(C)C)n3)nc3c2[C@H](OC)C3)CN1C(=O)[C@H](CCCC(C)C)NC(=O)NC1(CS(=O)(=O)C(C)(C)C)CCCCC1)C(=O)O. The summed E-state index contributed by atoms with van der Waals surface area (Å²) in [6.45, 7) is 14.8. The van der Waals surface area contributed by atoms with Gasteiger partial charge in [0.1, 0.15) is 35.7 Å². The number of hydrogen-bond donors (Lipinski definition) is 5. The molecule has 0 unspecified atom stereocenters. The fourth-order valence-electron chi connectivity index (χ4n) is 8.26. The van der Waals surface area contributed by atoms with Crippen molar-refractivity contribution in [3.8, 4) is 17.1 Å². The summed E-state index contributed by atoms with van der Waals surface area (Å²) in [7, 11) is -2.00. The van der Waals surface area contributed by atoms with Gasteiger partial charge in [-0.3, -0.25) is 14.6 Å². The summed E-state index contributed by atoms with van der Waals surface area (Å²) in [6.07, 6.45) is 4.82. The molecular formula is C43H67N7O9S2. The van der Waals surface area contributed by atoms with Crippen molar-refractivity contribution in [1.29, 1.82) is 0 Å². The Bertz CT molecular complexity index is 1990. The first-order valence-electron chi connectivity index (χ1n) is 21.8. The maximum absolute atomic E-state index is 14.8. The second-order valence-corrected chi connectivity index (χ2v) is 22.2. The van der Waals surface area contributed by atoms with Gasteiger partial charge in [0.25, 0.3) is 0 Å². The highest BCUT2D eigenvalue weighted by molar-refractivity contribution is 7.92. The van der Waals surface area contributed by atoms with Crippen LogP contribution in [0.1, 0.15) is 137 Å². The van der Waals surface area contributed by atoms with Crippen LogP contribution in [0.2, 0.25) is 0 Å². The van der Waals surface area contributed by atoms with Gasteiger partial charge in [-0.25, -0.2) is 23.0 Å². The second-order valence-electron chi connectivity index (χ2n) is 18.6. The van der Waals surface area contributed by atoms with E-state index in [1.54, 1.807) is 40.9 Å². The Hall–Kier alpha value is -4.03. The lowest BCUT2D eigenvalue weighted by Gasteiger charge is -2.40. The molecule has 1 saturated carbocycles. The lowest BCUT2D eigenvalue weighted by molar-refractivity contribution is -0.144. The minimum atomic E-state index is -3.61. The molecule has 2 fully saturated rings. The van der Waals surface area contributed by atoms with Gasteiger partial charge in [-0.2, -0.15) is 0 Å². The third kappa shape index (κ3) is 11.9. The first-order chi connectivity index (χ1) is 28.7. The standard InChI is InChI=1S/C43H67N7O9S2/c1-10-28(39(53)54)46-37(51)33-19-27(59-35-20-30(45-31-21-34(58-9)36(31)35)32-23-60-41(48-32)44-26(4)5)22-50(33)38(52)29(16-14-15-25(2)3)47-40(55)49-43(17-12-11-13-18-43)24-61(56,57)42(6,7)8/h20,23,25-29,33-34H,10-19,21-22,24H2,1-9H3,(H,44,48)(H,46,51)(H,53,54)(H2,47,49,55)/t27-,28+,29+,33+,34-/m1/s1. The number of aliphatic carboxylic acids is 1. The summed E-state index contributed by atoms with van der Waals surface area (Å²) >= 11 is 1.47. The number of carbonyl (C=O) groups excluding carboxylic acids is 3. The molecule has 2 aromatic rings. The van der Waals surface area contributed by atoms with Gasteiger partial charge < -0.3 is 40.7 Å². The number of aromatic nitrogens is 2. The molecule has 1 saturated heterocycles. The predicted octanol–water partition coefficient (Wildman–Crippen LogP) is 6.01. The van der Waals surface area contributed by atoms with Gasteiger partial charge in [-0.1, -0.05) is 52.9 Å². The normalized spacial score (nSPS) is 21.0. The molecule has 3 heterocycles. The van der Waals surface area contributed by atoms with Crippen molar-refractivity contribution in [3.63, 3.8) is 0 Å². The first-order valence-corrected chi connectivity index (χ1v) is 24.3. The highest BCUT2D eigenvalue weighted by atomic mass is 32.2. The van der Waals surface area contributed by atoms with Crippen LogP contribution in [0.15, 0.2) is 11.4 Å². The highest BCUT2D eigenvalue weighted by Gasteiger charge is 2.46. The van der Waals surface area contributed by atoms with Gasteiger partial charge in [0, 0.05) is 43.0 Å². The van der Waals surface area contributed by atoms with E-state index in [0.717, 1.165) is 42.1 Å². The van der Waals surface area contributed by atoms with E-state index in [4.69, 9.17) is 19.4 Å². The molecule has 61 heavy (non-hydrogen) atoms. The van der Waals surface area contributed by atoms with Crippen molar-refractivity contribution >= 4 is 50.1 Å². The maximum atomic E-state index is 14.8. The van der Waals surface area contributed by atoms with Gasteiger partial charge in [0.15, 0.2) is 15.0 Å². The summed E-state index contributed by atoms with van der Waals surface area (Å²) < 4.78 is 38.4. The molecule has 5 N–H and O–H groups in total. The third-order valence-electron chi connectivity index (χ3n) is 11.9. The molecule has 1 aliphatic heterocycles. The molecule has 0 bridgehead atoms. The minimum Gasteiger partial charge on any atom is -0.488 e. The monoisotopic (exact) mass is 889 g/mol. The largest absolute Gasteiger partial charge is 0.488 e. The molecule has 0 aromatic carbocycles. The number of rotatable bonds is 19. The number of carbonyl (C=O) groups is 4. The molecule has 16 nitrogen and oxygen atoms in total. The summed E-state index contributed by atoms with van der Waals surface area (Å²) in [5.41, 5.74) is 1.84. The van der Waals surface area contributed by atoms with Gasteiger partial charge >= 0.3 is 12.0 Å². The smallest absolute Gasteiger partial charge is 0.326 e. The van der Waals surface area contributed by atoms with Crippen LogP contribution in [0.5, 0.6) is 5.75 Å². The van der Waals surface area contributed by atoms with Crippen molar-refractivity contribution in [2.75, 3.05) is 24.7 Å². The summed E-state index contributed by atoms with van der Waals surface area (Å²) in [4.78, 5) is 65.9. The van der Waals surface area contributed by atoms with Gasteiger partial charge in [-0.05, 0) is 66.2 Å². The number of methoxy groups -OCH3 is 1. The molecule has 2 aromatic heterocycles. The number of likely N-dealkylation sites (tertiary alicyclic amines) is 1. The van der Waals surface area contributed by atoms with E-state index >= 15 is 0 Å². The minimum absolute atomic E-state index is 0.0260. The number of nitrogens with zero attached hydrogens (tertiary/aromatic N) is 3. The van der Waals surface area contributed by atoms with Crippen molar-refractivity contribution in [2.24, 2.45) is 5.92 Å². The number of pyridine rings is 1. The van der Waals surface area contributed by atoms with E-state index < -0.39 is 68.2 Å². The molecule has 3 aliphatic rings. The van der Waals surface area contributed by atoms with E-state index in [9.17, 15) is 32.7 Å². The first kappa shape index (κ1) is 48.0. The number of hydrogen-bond acceptors (Lipinski definition) is 12. The van der Waals surface area contributed by atoms with E-state index in [0.29, 0.717) is 48.7 Å². The number of nitrogens with one attached hydrogen (secondary N) is 4. The second kappa shape index (κ2) is 20.0. The fraction of sp³-hybridized carbons (Fsp3) is 0.721. The number of fused-ring (bicyclic) bond motifs is 1. The topological polar surface area (TPSA) is 218 Å². The van der Waals surface area contributed by atoms with E-state index in [1.807, 2.05) is 19.2 Å². The van der Waals surface area contributed by atoms with Crippen molar-refractivity contribution in [1.82, 2.24) is 30.8 Å². The van der Waals surface area contributed by atoms with Crippen LogP contribution in [0.4, 0.5) is 9.93 Å².